The Hall–Kier alpha value is -4.34. The molecule has 0 spiro atoms. The van der Waals surface area contributed by atoms with E-state index in [1.165, 1.54) is 26.4 Å². The number of allylic oxidation sites excluding steroid dienone is 1. The molecule has 1 aliphatic heterocycles. The van der Waals surface area contributed by atoms with Gasteiger partial charge in [-0.15, -0.1) is 0 Å². The number of ether oxygens (including phenoxy) is 2. The number of nitrogens with zero attached hydrogens (tertiary/aromatic N) is 7. The minimum Gasteiger partial charge on any atom is -0.497 e. The van der Waals surface area contributed by atoms with E-state index in [1.807, 2.05) is 36.0 Å². The number of fused-ring (bicyclic) bond motifs is 1. The topological polar surface area (TPSA) is 91.7 Å². The minimum absolute atomic E-state index is 0.0483. The van der Waals surface area contributed by atoms with Gasteiger partial charge in [-0.05, 0) is 18.2 Å². The number of benzene rings is 1. The van der Waals surface area contributed by atoms with E-state index in [0.717, 1.165) is 11.3 Å². The van der Waals surface area contributed by atoms with E-state index in [9.17, 15) is 0 Å². The van der Waals surface area contributed by atoms with Crippen LogP contribution in [0.4, 0.5) is 10.1 Å². The van der Waals surface area contributed by atoms with Crippen molar-refractivity contribution in [2.45, 2.75) is 6.54 Å². The number of aromatic nitrogens is 5. The van der Waals surface area contributed by atoms with Crippen LogP contribution in [0.1, 0.15) is 0 Å². The van der Waals surface area contributed by atoms with Gasteiger partial charge in [0.1, 0.15) is 22.4 Å². The smallest absolute Gasteiger partial charge is 0.190 e. The molecule has 0 amide bonds. The number of hydrogen-bond acceptors (Lipinski definition) is 7. The molecule has 4 heterocycles. The summed E-state index contributed by atoms with van der Waals surface area (Å²) in [5, 5.41) is 4.22. The number of aliphatic imine (C=N–C) groups is 1. The van der Waals surface area contributed by atoms with Crippen LogP contribution in [0.5, 0.6) is 11.5 Å². The molecule has 1 aromatic carbocycles. The number of pyridine rings is 1. The van der Waals surface area contributed by atoms with Crippen LogP contribution in [0, 0.1) is 5.82 Å². The van der Waals surface area contributed by atoms with E-state index in [1.54, 1.807) is 23.1 Å². The molecule has 1 aliphatic rings. The molecule has 0 bridgehead atoms. The predicted octanol–water partition coefficient (Wildman–Crippen LogP) is 3.23. The molecule has 0 saturated heterocycles. The highest BCUT2D eigenvalue weighted by Gasteiger charge is 2.14. The second-order valence-corrected chi connectivity index (χ2v) is 7.65. The highest BCUT2D eigenvalue weighted by molar-refractivity contribution is 5.97. The summed E-state index contributed by atoms with van der Waals surface area (Å²) in [6.07, 6.45) is 9.26. The van der Waals surface area contributed by atoms with Gasteiger partial charge in [-0.3, -0.25) is 14.7 Å². The molecule has 5 rings (SSSR count). The fourth-order valence-corrected chi connectivity index (χ4v) is 3.71. The van der Waals surface area contributed by atoms with Gasteiger partial charge in [0.2, 0.25) is 0 Å². The molecule has 0 radical (unpaired) electrons. The highest BCUT2D eigenvalue weighted by atomic mass is 19.1. The van der Waals surface area contributed by atoms with Crippen molar-refractivity contribution in [3.05, 3.63) is 66.3 Å². The molecular formula is C24H22FN7O2. The summed E-state index contributed by atoms with van der Waals surface area (Å²) < 4.78 is 29.1. The first-order valence-electron chi connectivity index (χ1n) is 10.6. The average Bonchev–Trinajstić information content (AvgIpc) is 3.53. The summed E-state index contributed by atoms with van der Waals surface area (Å²) in [5.74, 6) is -0.0958. The van der Waals surface area contributed by atoms with E-state index in [-0.39, 0.29) is 11.4 Å². The molecule has 34 heavy (non-hydrogen) atoms. The second kappa shape index (κ2) is 8.89. The summed E-state index contributed by atoms with van der Waals surface area (Å²) >= 11 is 0. The zero-order valence-electron chi connectivity index (χ0n) is 18.9. The van der Waals surface area contributed by atoms with Crippen molar-refractivity contribution in [2.75, 3.05) is 20.8 Å². The fraction of sp³-hybridized carbons (Fsp3) is 0.208. The van der Waals surface area contributed by atoms with E-state index >= 15 is 4.39 Å². The third-order valence-corrected chi connectivity index (χ3v) is 5.42. The van der Waals surface area contributed by atoms with Gasteiger partial charge in [-0.1, -0.05) is 6.08 Å². The Morgan fingerprint density at radius 3 is 2.74 bits per heavy atom. The SMILES string of the molecule is COc1cc(N=c2ccc3ncc(-c4cnn(C)c4)nc3n2CC2=NCC=C2)c(F)c(OC)c1. The predicted molar refractivity (Wildman–Crippen MR) is 126 cm³/mol. The first-order chi connectivity index (χ1) is 16.6. The summed E-state index contributed by atoms with van der Waals surface area (Å²) in [7, 11) is 4.75. The van der Waals surface area contributed by atoms with Crippen LogP contribution in [0.15, 0.2) is 65.0 Å². The molecule has 10 heteroatoms. The Bertz CT molecular complexity index is 1520. The standard InChI is InChI=1S/C24H22FN7O2/c1-31-13-15(11-28-31)20-12-27-18-6-7-22(32(24(18)30-20)14-16-5-4-8-26-16)29-19-9-17(33-2)10-21(34-3)23(19)25/h4-7,9-13H,8,14H2,1-3H3. The quantitative estimate of drug-likeness (QED) is 0.442. The van der Waals surface area contributed by atoms with Crippen molar-refractivity contribution < 1.29 is 13.9 Å². The molecule has 0 unspecified atom stereocenters. The Kier molecular flexibility index (Phi) is 5.62. The zero-order chi connectivity index (χ0) is 23.7. The van der Waals surface area contributed by atoms with Gasteiger partial charge < -0.3 is 14.0 Å². The van der Waals surface area contributed by atoms with Crippen molar-refractivity contribution in [2.24, 2.45) is 17.0 Å². The molecule has 0 N–H and O–H groups in total. The normalized spacial score (nSPS) is 13.5. The maximum Gasteiger partial charge on any atom is 0.190 e. The van der Waals surface area contributed by atoms with E-state index in [2.05, 4.69) is 20.1 Å². The Labute approximate surface area is 194 Å². The monoisotopic (exact) mass is 459 g/mol. The summed E-state index contributed by atoms with van der Waals surface area (Å²) in [4.78, 5) is 18.6. The van der Waals surface area contributed by atoms with Crippen LogP contribution in [0.2, 0.25) is 0 Å². The van der Waals surface area contributed by atoms with Gasteiger partial charge in [-0.2, -0.15) is 5.10 Å². The number of rotatable bonds is 6. The second-order valence-electron chi connectivity index (χ2n) is 7.65. The van der Waals surface area contributed by atoms with Crippen molar-refractivity contribution in [3.8, 4) is 22.8 Å². The van der Waals surface area contributed by atoms with Crippen molar-refractivity contribution >= 4 is 22.6 Å². The number of aryl methyl sites for hydroxylation is 1. The van der Waals surface area contributed by atoms with Gasteiger partial charge in [0.25, 0.3) is 0 Å². The molecule has 0 aliphatic carbocycles. The lowest BCUT2D eigenvalue weighted by Crippen LogP contribution is -2.25. The lowest BCUT2D eigenvalue weighted by atomic mass is 10.2. The summed E-state index contributed by atoms with van der Waals surface area (Å²) in [6.45, 7) is 1.03. The van der Waals surface area contributed by atoms with Gasteiger partial charge in [0.15, 0.2) is 17.2 Å². The molecule has 9 nitrogen and oxygen atoms in total. The minimum atomic E-state index is -0.580. The van der Waals surface area contributed by atoms with Gasteiger partial charge in [0.05, 0.1) is 51.1 Å². The Balaban J connectivity index is 1.75. The largest absolute Gasteiger partial charge is 0.497 e. The Morgan fingerprint density at radius 2 is 2.03 bits per heavy atom. The van der Waals surface area contributed by atoms with Crippen molar-refractivity contribution in [3.63, 3.8) is 0 Å². The zero-order valence-corrected chi connectivity index (χ0v) is 18.9. The van der Waals surface area contributed by atoms with Crippen LogP contribution < -0.4 is 15.0 Å². The fourth-order valence-electron chi connectivity index (χ4n) is 3.71. The molecule has 3 aromatic heterocycles. The van der Waals surface area contributed by atoms with E-state index in [0.29, 0.717) is 41.2 Å². The molecule has 172 valence electrons. The van der Waals surface area contributed by atoms with Crippen molar-refractivity contribution in [1.82, 2.24) is 24.3 Å². The third kappa shape index (κ3) is 4.05. The number of methoxy groups -OCH3 is 2. The average molecular weight is 459 g/mol. The third-order valence-electron chi connectivity index (χ3n) is 5.42. The van der Waals surface area contributed by atoms with Crippen molar-refractivity contribution in [1.29, 1.82) is 0 Å². The lowest BCUT2D eigenvalue weighted by Gasteiger charge is -2.12. The van der Waals surface area contributed by atoms with Crippen LogP contribution >= 0.6 is 0 Å². The molecule has 0 saturated carbocycles. The van der Waals surface area contributed by atoms with Gasteiger partial charge >= 0.3 is 0 Å². The van der Waals surface area contributed by atoms with Crippen LogP contribution in [0.3, 0.4) is 0 Å². The molecule has 0 atom stereocenters. The van der Waals surface area contributed by atoms with Gasteiger partial charge in [0, 0.05) is 30.9 Å². The molecule has 0 fully saturated rings. The van der Waals surface area contributed by atoms with E-state index < -0.39 is 5.82 Å². The van der Waals surface area contributed by atoms with Gasteiger partial charge in [-0.25, -0.2) is 14.4 Å². The van der Waals surface area contributed by atoms with E-state index in [4.69, 9.17) is 14.5 Å². The maximum atomic E-state index is 15.1. The number of hydrogen-bond donors (Lipinski definition) is 0. The van der Waals surface area contributed by atoms with Crippen LogP contribution in [-0.2, 0) is 13.6 Å². The molecule has 4 aromatic rings. The first-order valence-corrected chi connectivity index (χ1v) is 10.6. The lowest BCUT2D eigenvalue weighted by molar-refractivity contribution is 0.374. The Morgan fingerprint density at radius 1 is 1.15 bits per heavy atom. The summed E-state index contributed by atoms with van der Waals surface area (Å²) in [6, 6.07) is 6.60. The number of halogens is 1. The first kappa shape index (κ1) is 21.5. The van der Waals surface area contributed by atoms with Crippen LogP contribution in [-0.4, -0.2) is 50.8 Å². The molecular weight excluding hydrogens is 437 g/mol. The highest BCUT2D eigenvalue weighted by Crippen LogP contribution is 2.32. The maximum absolute atomic E-state index is 15.1. The van der Waals surface area contributed by atoms with Crippen LogP contribution in [0.25, 0.3) is 22.4 Å². The summed E-state index contributed by atoms with van der Waals surface area (Å²) in [5.41, 5.74) is 4.23.